The smallest absolute Gasteiger partial charge is 0.339 e. The van der Waals surface area contributed by atoms with Gasteiger partial charge in [-0.1, -0.05) is 27.7 Å². The molecule has 0 aliphatic carbocycles. The van der Waals surface area contributed by atoms with Crippen molar-refractivity contribution in [2.75, 3.05) is 0 Å². The quantitative estimate of drug-likeness (QED) is 0.482. The van der Waals surface area contributed by atoms with Crippen LogP contribution in [0.4, 0.5) is 0 Å². The molecule has 0 bridgehead atoms. The number of aliphatic carboxylic acids is 2. The van der Waals surface area contributed by atoms with E-state index in [4.69, 9.17) is 15.9 Å². The molecular formula is C10H20N2O4. The minimum absolute atomic E-state index is 0.251. The molecule has 6 heteroatoms. The maximum absolute atomic E-state index is 11.1. The summed E-state index contributed by atoms with van der Waals surface area (Å²) in [7, 11) is 0. The standard InChI is InChI=1S/C10H20N2O4/c1-5(2)7(8(13)14)12-10(11,6(3)4)9(15)16/h5-7,12H,11H2,1-4H3,(H,13,14)(H,15,16)/t7-,10+/m0/s1. The Hall–Kier alpha value is -1.14. The molecule has 5 N–H and O–H groups in total. The minimum Gasteiger partial charge on any atom is -0.480 e. The van der Waals surface area contributed by atoms with Gasteiger partial charge in [0.1, 0.15) is 6.04 Å². The number of carboxylic acid groups (broad SMARTS) is 2. The number of hydrogen-bond donors (Lipinski definition) is 4. The lowest BCUT2D eigenvalue weighted by atomic mass is 9.93. The van der Waals surface area contributed by atoms with Crippen molar-refractivity contribution >= 4 is 11.9 Å². The molecule has 0 aliphatic heterocycles. The molecule has 6 nitrogen and oxygen atoms in total. The average Bonchev–Trinajstić information content (AvgIpc) is 2.11. The van der Waals surface area contributed by atoms with Crippen molar-refractivity contribution in [1.29, 1.82) is 0 Å². The van der Waals surface area contributed by atoms with Crippen LogP contribution < -0.4 is 11.1 Å². The van der Waals surface area contributed by atoms with Gasteiger partial charge in [0.25, 0.3) is 0 Å². The maximum atomic E-state index is 11.1. The normalized spacial score (nSPS) is 17.2. The molecule has 94 valence electrons. The summed E-state index contributed by atoms with van der Waals surface area (Å²) < 4.78 is 0. The van der Waals surface area contributed by atoms with Crippen LogP contribution in [0.3, 0.4) is 0 Å². The second kappa shape index (κ2) is 5.27. The minimum atomic E-state index is -1.73. The zero-order valence-corrected chi connectivity index (χ0v) is 10.0. The lowest BCUT2D eigenvalue weighted by Gasteiger charge is -2.34. The fraction of sp³-hybridized carbons (Fsp3) is 0.800. The second-order valence-electron chi connectivity index (χ2n) is 4.53. The van der Waals surface area contributed by atoms with E-state index in [0.717, 1.165) is 0 Å². The highest BCUT2D eigenvalue weighted by atomic mass is 16.4. The summed E-state index contributed by atoms with van der Waals surface area (Å²) in [6.07, 6.45) is 0. The van der Waals surface area contributed by atoms with Gasteiger partial charge < -0.3 is 15.9 Å². The van der Waals surface area contributed by atoms with Gasteiger partial charge in [0.05, 0.1) is 0 Å². The van der Waals surface area contributed by atoms with Gasteiger partial charge in [0, 0.05) is 0 Å². The number of nitrogens with one attached hydrogen (secondary N) is 1. The summed E-state index contributed by atoms with van der Waals surface area (Å²) in [5, 5.41) is 20.5. The van der Waals surface area contributed by atoms with Gasteiger partial charge in [0.2, 0.25) is 0 Å². The fourth-order valence-corrected chi connectivity index (χ4v) is 1.25. The van der Waals surface area contributed by atoms with Crippen LogP contribution in [-0.2, 0) is 9.59 Å². The van der Waals surface area contributed by atoms with Gasteiger partial charge in [-0.2, -0.15) is 0 Å². The number of carboxylic acids is 2. The molecule has 0 saturated carbocycles. The van der Waals surface area contributed by atoms with E-state index < -0.39 is 29.6 Å². The molecule has 0 rings (SSSR count). The van der Waals surface area contributed by atoms with E-state index in [9.17, 15) is 9.59 Å². The Labute approximate surface area is 94.8 Å². The Morgan fingerprint density at radius 2 is 1.62 bits per heavy atom. The van der Waals surface area contributed by atoms with E-state index in [0.29, 0.717) is 0 Å². The SMILES string of the molecule is CC(C)[C@H](N[C@@](N)(C(=O)O)C(C)C)C(=O)O. The zero-order chi connectivity index (χ0) is 13.1. The molecule has 0 radical (unpaired) electrons. The largest absolute Gasteiger partial charge is 0.480 e. The molecule has 0 saturated heterocycles. The molecule has 0 unspecified atom stereocenters. The van der Waals surface area contributed by atoms with Gasteiger partial charge >= 0.3 is 11.9 Å². The maximum Gasteiger partial charge on any atom is 0.339 e. The van der Waals surface area contributed by atoms with Crippen LogP contribution >= 0.6 is 0 Å². The number of hydrogen-bond acceptors (Lipinski definition) is 4. The van der Waals surface area contributed by atoms with Crippen molar-refractivity contribution in [3.8, 4) is 0 Å². The molecule has 2 atom stereocenters. The first-order valence-electron chi connectivity index (χ1n) is 5.15. The molecule has 0 aliphatic rings. The van der Waals surface area contributed by atoms with Gasteiger partial charge in [-0.3, -0.25) is 10.1 Å². The van der Waals surface area contributed by atoms with E-state index in [1.54, 1.807) is 27.7 Å². The van der Waals surface area contributed by atoms with Crippen molar-refractivity contribution in [2.45, 2.75) is 39.4 Å². The van der Waals surface area contributed by atoms with Crippen LogP contribution in [-0.4, -0.2) is 33.9 Å². The first-order chi connectivity index (χ1) is 7.12. The first kappa shape index (κ1) is 14.9. The predicted molar refractivity (Wildman–Crippen MR) is 58.8 cm³/mol. The van der Waals surface area contributed by atoms with Gasteiger partial charge in [-0.05, 0) is 11.8 Å². The number of carbonyl (C=O) groups is 2. The van der Waals surface area contributed by atoms with Crippen LogP contribution in [0, 0.1) is 11.8 Å². The van der Waals surface area contributed by atoms with Gasteiger partial charge in [0.15, 0.2) is 5.66 Å². The number of rotatable bonds is 6. The molecular weight excluding hydrogens is 212 g/mol. The summed E-state index contributed by atoms with van der Waals surface area (Å²) in [5.74, 6) is -3.04. The molecule has 0 aromatic carbocycles. The molecule has 0 aromatic rings. The highest BCUT2D eigenvalue weighted by molar-refractivity contribution is 5.80. The molecule has 0 spiro atoms. The van der Waals surface area contributed by atoms with E-state index in [-0.39, 0.29) is 5.92 Å². The van der Waals surface area contributed by atoms with E-state index >= 15 is 0 Å². The fourth-order valence-electron chi connectivity index (χ4n) is 1.25. The lowest BCUT2D eigenvalue weighted by Crippen LogP contribution is -2.67. The van der Waals surface area contributed by atoms with Crippen molar-refractivity contribution in [3.05, 3.63) is 0 Å². The second-order valence-corrected chi connectivity index (χ2v) is 4.53. The lowest BCUT2D eigenvalue weighted by molar-refractivity contribution is -0.150. The third-order valence-electron chi connectivity index (χ3n) is 2.59. The first-order valence-corrected chi connectivity index (χ1v) is 5.15. The van der Waals surface area contributed by atoms with Crippen molar-refractivity contribution < 1.29 is 19.8 Å². The van der Waals surface area contributed by atoms with Crippen LogP contribution in [0.25, 0.3) is 0 Å². The number of nitrogens with two attached hydrogens (primary N) is 1. The summed E-state index contributed by atoms with van der Waals surface area (Å²) in [4.78, 5) is 22.0. The third kappa shape index (κ3) is 3.18. The summed E-state index contributed by atoms with van der Waals surface area (Å²) in [6.45, 7) is 6.63. The van der Waals surface area contributed by atoms with Crippen molar-refractivity contribution in [3.63, 3.8) is 0 Å². The molecule has 0 fully saturated rings. The van der Waals surface area contributed by atoms with E-state index in [1.807, 2.05) is 0 Å². The summed E-state index contributed by atoms with van der Waals surface area (Å²) in [5.41, 5.74) is 3.96. The van der Waals surface area contributed by atoms with E-state index in [2.05, 4.69) is 5.32 Å². The Morgan fingerprint density at radius 3 is 1.81 bits per heavy atom. The topological polar surface area (TPSA) is 113 Å². The zero-order valence-electron chi connectivity index (χ0n) is 10.0. The predicted octanol–water partition coefficient (Wildman–Crippen LogP) is 0.0808. The van der Waals surface area contributed by atoms with Crippen LogP contribution in [0.2, 0.25) is 0 Å². The van der Waals surface area contributed by atoms with Gasteiger partial charge in [-0.25, -0.2) is 4.79 Å². The Balaban J connectivity index is 5.00. The average molecular weight is 232 g/mol. The molecule has 0 heterocycles. The highest BCUT2D eigenvalue weighted by Crippen LogP contribution is 2.14. The van der Waals surface area contributed by atoms with Crippen LogP contribution in [0.15, 0.2) is 0 Å². The summed E-state index contributed by atoms with van der Waals surface area (Å²) >= 11 is 0. The van der Waals surface area contributed by atoms with Crippen LogP contribution in [0.5, 0.6) is 0 Å². The molecule has 16 heavy (non-hydrogen) atoms. The van der Waals surface area contributed by atoms with Crippen LogP contribution in [0.1, 0.15) is 27.7 Å². The van der Waals surface area contributed by atoms with Gasteiger partial charge in [-0.15, -0.1) is 0 Å². The van der Waals surface area contributed by atoms with Crippen molar-refractivity contribution in [1.82, 2.24) is 5.32 Å². The molecule has 0 amide bonds. The van der Waals surface area contributed by atoms with E-state index in [1.165, 1.54) is 0 Å². The highest BCUT2D eigenvalue weighted by Gasteiger charge is 2.41. The monoisotopic (exact) mass is 232 g/mol. The summed E-state index contributed by atoms with van der Waals surface area (Å²) in [6, 6.07) is -0.983. The Bertz CT molecular complexity index is 278. The third-order valence-corrected chi connectivity index (χ3v) is 2.59. The van der Waals surface area contributed by atoms with Crippen molar-refractivity contribution in [2.24, 2.45) is 17.6 Å². The Kier molecular flexibility index (Phi) is 4.89. The Morgan fingerprint density at radius 1 is 1.19 bits per heavy atom. The molecule has 0 aromatic heterocycles.